The Morgan fingerprint density at radius 2 is 2.44 bits per heavy atom. The predicted molar refractivity (Wildman–Crippen MR) is 63.8 cm³/mol. The van der Waals surface area contributed by atoms with Crippen LogP contribution in [-0.2, 0) is 6.54 Å². The van der Waals surface area contributed by atoms with Gasteiger partial charge in [-0.2, -0.15) is 11.8 Å². The fraction of sp³-hybridized carbons (Fsp3) is 0.667. The molecule has 0 aliphatic carbocycles. The molecule has 0 unspecified atom stereocenters. The zero-order chi connectivity index (χ0) is 12.0. The van der Waals surface area contributed by atoms with Crippen LogP contribution in [0.15, 0.2) is 6.20 Å². The van der Waals surface area contributed by atoms with Gasteiger partial charge in [0.15, 0.2) is 5.69 Å². The highest BCUT2D eigenvalue weighted by Gasteiger charge is 2.08. The number of amides is 1. The van der Waals surface area contributed by atoms with Crippen LogP contribution in [-0.4, -0.2) is 32.4 Å². The van der Waals surface area contributed by atoms with Crippen LogP contribution in [0.25, 0.3) is 0 Å². The van der Waals surface area contributed by atoms with E-state index in [9.17, 15) is 4.79 Å². The Morgan fingerprint density at radius 1 is 1.69 bits per heavy atom. The summed E-state index contributed by atoms with van der Waals surface area (Å²) in [5.41, 5.74) is 2.26. The molecule has 0 aliphatic heterocycles. The summed E-state index contributed by atoms with van der Waals surface area (Å²) in [5.74, 6) is 7.36. The number of rotatable bonds is 6. The van der Waals surface area contributed by atoms with Gasteiger partial charge in [-0.3, -0.25) is 14.9 Å². The van der Waals surface area contributed by atoms with Crippen LogP contribution in [0.1, 0.15) is 24.3 Å². The highest BCUT2D eigenvalue weighted by Crippen LogP contribution is 2.07. The van der Waals surface area contributed by atoms with Gasteiger partial charge in [0, 0.05) is 5.75 Å². The van der Waals surface area contributed by atoms with E-state index >= 15 is 0 Å². The molecule has 1 amide bonds. The first-order valence-corrected chi connectivity index (χ1v) is 6.27. The number of nitrogens with zero attached hydrogens (tertiary/aromatic N) is 3. The second-order valence-electron chi connectivity index (χ2n) is 3.81. The summed E-state index contributed by atoms with van der Waals surface area (Å²) >= 11 is 1.87. The van der Waals surface area contributed by atoms with Crippen molar-refractivity contribution in [3.63, 3.8) is 0 Å². The normalized spacial score (nSPS) is 10.8. The minimum Gasteiger partial charge on any atom is -0.289 e. The van der Waals surface area contributed by atoms with Gasteiger partial charge in [-0.1, -0.05) is 19.1 Å². The quantitative estimate of drug-likeness (QED) is 0.324. The molecule has 0 saturated heterocycles. The van der Waals surface area contributed by atoms with E-state index in [4.69, 9.17) is 5.84 Å². The second-order valence-corrected chi connectivity index (χ2v) is 4.96. The summed E-state index contributed by atoms with van der Waals surface area (Å²) in [7, 11) is 0. The summed E-state index contributed by atoms with van der Waals surface area (Å²) in [6, 6.07) is 0. The molecule has 6 nitrogen and oxygen atoms in total. The van der Waals surface area contributed by atoms with Crippen molar-refractivity contribution >= 4 is 17.7 Å². The highest BCUT2D eigenvalue weighted by atomic mass is 32.2. The number of hydrogen-bond donors (Lipinski definition) is 2. The van der Waals surface area contributed by atoms with Gasteiger partial charge in [0.25, 0.3) is 5.91 Å². The first kappa shape index (κ1) is 13.0. The summed E-state index contributed by atoms with van der Waals surface area (Å²) in [6.45, 7) is 5.13. The summed E-state index contributed by atoms with van der Waals surface area (Å²) in [6.07, 6.45) is 1.60. The molecule has 1 aromatic rings. The van der Waals surface area contributed by atoms with Gasteiger partial charge in [-0.15, -0.1) is 5.10 Å². The number of hydrogen-bond acceptors (Lipinski definition) is 5. The van der Waals surface area contributed by atoms with Gasteiger partial charge in [-0.05, 0) is 11.7 Å². The topological polar surface area (TPSA) is 85.8 Å². The molecule has 0 saturated carbocycles. The predicted octanol–water partition coefficient (Wildman–Crippen LogP) is 0.271. The average Bonchev–Trinajstić information content (AvgIpc) is 2.71. The lowest BCUT2D eigenvalue weighted by Crippen LogP contribution is -2.30. The fourth-order valence-electron chi connectivity index (χ4n) is 1.06. The van der Waals surface area contributed by atoms with Crippen molar-refractivity contribution < 1.29 is 4.79 Å². The van der Waals surface area contributed by atoms with E-state index in [-0.39, 0.29) is 5.69 Å². The fourth-order valence-corrected chi connectivity index (χ4v) is 2.02. The van der Waals surface area contributed by atoms with E-state index < -0.39 is 5.91 Å². The lowest BCUT2D eigenvalue weighted by atomic mass is 10.3. The van der Waals surface area contributed by atoms with E-state index in [1.807, 2.05) is 17.2 Å². The Morgan fingerprint density at radius 3 is 3.06 bits per heavy atom. The van der Waals surface area contributed by atoms with Gasteiger partial charge < -0.3 is 0 Å². The number of nitrogen functional groups attached to an aromatic ring is 1. The minimum atomic E-state index is -0.416. The molecule has 7 heteroatoms. The van der Waals surface area contributed by atoms with Gasteiger partial charge in [0.2, 0.25) is 0 Å². The van der Waals surface area contributed by atoms with Gasteiger partial charge in [0.1, 0.15) is 0 Å². The van der Waals surface area contributed by atoms with Gasteiger partial charge in [-0.25, -0.2) is 5.84 Å². The largest absolute Gasteiger partial charge is 0.289 e. The molecule has 0 bridgehead atoms. The van der Waals surface area contributed by atoms with Crippen molar-refractivity contribution in [3.05, 3.63) is 11.9 Å². The van der Waals surface area contributed by atoms with Crippen molar-refractivity contribution in [2.75, 3.05) is 11.5 Å². The number of carbonyl (C=O) groups excluding carboxylic acids is 1. The van der Waals surface area contributed by atoms with Crippen LogP contribution in [0.4, 0.5) is 0 Å². The lowest BCUT2D eigenvalue weighted by Gasteiger charge is -2.03. The molecule has 3 N–H and O–H groups in total. The molecule has 1 rings (SSSR count). The van der Waals surface area contributed by atoms with Gasteiger partial charge >= 0.3 is 0 Å². The third-order valence-corrected chi connectivity index (χ3v) is 3.19. The van der Waals surface area contributed by atoms with Crippen molar-refractivity contribution in [2.24, 2.45) is 11.8 Å². The number of aromatic nitrogens is 3. The van der Waals surface area contributed by atoms with Crippen LogP contribution in [0.2, 0.25) is 0 Å². The van der Waals surface area contributed by atoms with Crippen LogP contribution in [0.5, 0.6) is 0 Å². The second kappa shape index (κ2) is 6.49. The Kier molecular flexibility index (Phi) is 5.27. The van der Waals surface area contributed by atoms with Crippen molar-refractivity contribution in [2.45, 2.75) is 20.4 Å². The van der Waals surface area contributed by atoms with Crippen molar-refractivity contribution in [1.82, 2.24) is 20.4 Å². The number of thioether (sulfide) groups is 1. The summed E-state index contributed by atoms with van der Waals surface area (Å²) < 4.78 is 1.65. The van der Waals surface area contributed by atoms with Gasteiger partial charge in [0.05, 0.1) is 12.7 Å². The van der Waals surface area contributed by atoms with Crippen LogP contribution in [0.3, 0.4) is 0 Å². The maximum Gasteiger partial charge on any atom is 0.287 e. The summed E-state index contributed by atoms with van der Waals surface area (Å²) in [4.78, 5) is 11.1. The number of nitrogens with two attached hydrogens (primary N) is 1. The standard InChI is InChI=1S/C9H17N5OS/c1-7(2)6-16-4-3-14-5-8(12-13-14)9(15)11-10/h5,7H,3-4,6,10H2,1-2H3,(H,11,15). The Hall–Kier alpha value is -1.08. The summed E-state index contributed by atoms with van der Waals surface area (Å²) in [5, 5.41) is 7.55. The highest BCUT2D eigenvalue weighted by molar-refractivity contribution is 7.99. The minimum absolute atomic E-state index is 0.247. The zero-order valence-electron chi connectivity index (χ0n) is 9.51. The van der Waals surface area contributed by atoms with Crippen molar-refractivity contribution in [1.29, 1.82) is 0 Å². The molecular weight excluding hydrogens is 226 g/mol. The molecule has 1 heterocycles. The number of nitrogens with one attached hydrogen (secondary N) is 1. The van der Waals surface area contributed by atoms with E-state index in [1.54, 1.807) is 10.9 Å². The molecule has 0 fully saturated rings. The maximum atomic E-state index is 11.1. The van der Waals surface area contributed by atoms with E-state index in [1.165, 1.54) is 0 Å². The van der Waals surface area contributed by atoms with Crippen LogP contribution in [0, 0.1) is 5.92 Å². The Bertz CT molecular complexity index is 338. The first-order chi connectivity index (χ1) is 7.63. The Balaban J connectivity index is 2.32. The monoisotopic (exact) mass is 243 g/mol. The van der Waals surface area contributed by atoms with Crippen LogP contribution >= 0.6 is 11.8 Å². The number of carbonyl (C=O) groups is 1. The molecule has 16 heavy (non-hydrogen) atoms. The molecule has 0 aliphatic rings. The molecular formula is C9H17N5OS. The number of aryl methyl sites for hydroxylation is 1. The SMILES string of the molecule is CC(C)CSCCn1cc(C(=O)NN)nn1. The molecule has 0 aromatic carbocycles. The smallest absolute Gasteiger partial charge is 0.287 e. The molecule has 0 spiro atoms. The third-order valence-electron chi connectivity index (χ3n) is 1.82. The molecule has 1 aromatic heterocycles. The Labute approximate surface area is 98.9 Å². The molecule has 0 atom stereocenters. The molecule has 90 valence electrons. The van der Waals surface area contributed by atoms with E-state index in [2.05, 4.69) is 24.2 Å². The maximum absolute atomic E-state index is 11.1. The van der Waals surface area contributed by atoms with Crippen LogP contribution < -0.4 is 11.3 Å². The third kappa shape index (κ3) is 4.19. The van der Waals surface area contributed by atoms with E-state index in [0.29, 0.717) is 5.92 Å². The lowest BCUT2D eigenvalue weighted by molar-refractivity contribution is 0.0948. The zero-order valence-corrected chi connectivity index (χ0v) is 10.3. The van der Waals surface area contributed by atoms with E-state index in [0.717, 1.165) is 18.1 Å². The first-order valence-electron chi connectivity index (χ1n) is 5.12. The number of hydrazine groups is 1. The average molecular weight is 243 g/mol. The molecule has 0 radical (unpaired) electrons. The van der Waals surface area contributed by atoms with Crippen molar-refractivity contribution in [3.8, 4) is 0 Å².